The fourth-order valence-corrected chi connectivity index (χ4v) is 5.62. The number of allylic oxidation sites excluding steroid dienone is 1. The molecule has 196 valence electrons. The second kappa shape index (κ2) is 16.8. The Morgan fingerprint density at radius 1 is 1.00 bits per heavy atom. The number of fused-ring (bicyclic) bond motifs is 1. The molecular formula is C30H50N4S. The lowest BCUT2D eigenvalue weighted by Gasteiger charge is -2.15. The summed E-state index contributed by atoms with van der Waals surface area (Å²) in [5.41, 5.74) is 9.14. The van der Waals surface area contributed by atoms with Crippen LogP contribution in [0.15, 0.2) is 40.9 Å². The van der Waals surface area contributed by atoms with Gasteiger partial charge in [0.25, 0.3) is 0 Å². The molecule has 1 aromatic carbocycles. The summed E-state index contributed by atoms with van der Waals surface area (Å²) in [4.78, 5) is 12.5. The number of aromatic amines is 1. The van der Waals surface area contributed by atoms with Crippen LogP contribution in [0.25, 0.3) is 11.0 Å². The van der Waals surface area contributed by atoms with Crippen molar-refractivity contribution in [1.82, 2.24) is 9.97 Å². The number of para-hydroxylation sites is 2. The number of rotatable bonds is 18. The number of hydrogen-bond acceptors (Lipinski definition) is 3. The van der Waals surface area contributed by atoms with E-state index in [1.807, 2.05) is 36.0 Å². The monoisotopic (exact) mass is 498 g/mol. The van der Waals surface area contributed by atoms with Crippen LogP contribution >= 0.6 is 11.8 Å². The summed E-state index contributed by atoms with van der Waals surface area (Å²) in [6, 6.07) is 8.06. The van der Waals surface area contributed by atoms with E-state index in [9.17, 15) is 0 Å². The van der Waals surface area contributed by atoms with E-state index in [0.29, 0.717) is 0 Å². The van der Waals surface area contributed by atoms with E-state index in [4.69, 9.17) is 10.7 Å². The molecule has 0 aliphatic carbocycles. The maximum absolute atomic E-state index is 5.61. The average Bonchev–Trinajstić information content (AvgIpc) is 3.25. The molecule has 0 aliphatic heterocycles. The number of nitrogens with zero attached hydrogens (tertiary/aromatic N) is 2. The van der Waals surface area contributed by atoms with Crippen LogP contribution in [0.3, 0.4) is 0 Å². The van der Waals surface area contributed by atoms with Crippen LogP contribution in [0.5, 0.6) is 0 Å². The smallest absolute Gasteiger partial charge is 0.133 e. The van der Waals surface area contributed by atoms with Crippen molar-refractivity contribution in [2.75, 3.05) is 11.5 Å². The summed E-state index contributed by atoms with van der Waals surface area (Å²) >= 11 is 1.89. The fraction of sp³-hybridized carbons (Fsp3) is 0.667. The highest BCUT2D eigenvalue weighted by Gasteiger charge is 2.14. The Hall–Kier alpha value is -1.75. The highest BCUT2D eigenvalue weighted by Crippen LogP contribution is 2.24. The molecule has 35 heavy (non-hydrogen) atoms. The van der Waals surface area contributed by atoms with E-state index in [-0.39, 0.29) is 6.04 Å². The van der Waals surface area contributed by atoms with Crippen LogP contribution in [0.2, 0.25) is 0 Å². The highest BCUT2D eigenvalue weighted by molar-refractivity contribution is 7.99. The van der Waals surface area contributed by atoms with Gasteiger partial charge >= 0.3 is 0 Å². The minimum absolute atomic E-state index is 0.0371. The zero-order valence-corrected chi connectivity index (χ0v) is 23.7. The normalized spacial score (nSPS) is 15.3. The van der Waals surface area contributed by atoms with Crippen molar-refractivity contribution in [2.24, 2.45) is 28.5 Å². The Morgan fingerprint density at radius 3 is 2.31 bits per heavy atom. The van der Waals surface area contributed by atoms with Crippen LogP contribution in [0.4, 0.5) is 0 Å². The first kappa shape index (κ1) is 29.5. The van der Waals surface area contributed by atoms with Crippen molar-refractivity contribution in [2.45, 2.75) is 98.4 Å². The predicted molar refractivity (Wildman–Crippen MR) is 157 cm³/mol. The molecule has 2 rings (SSSR count). The Labute approximate surface area is 219 Å². The van der Waals surface area contributed by atoms with Crippen molar-refractivity contribution in [3.8, 4) is 0 Å². The third-order valence-electron chi connectivity index (χ3n) is 6.95. The molecule has 0 saturated heterocycles. The number of H-pyrrole nitrogens is 1. The van der Waals surface area contributed by atoms with E-state index in [0.717, 1.165) is 46.1 Å². The van der Waals surface area contributed by atoms with Crippen molar-refractivity contribution in [3.63, 3.8) is 0 Å². The van der Waals surface area contributed by atoms with Crippen molar-refractivity contribution >= 4 is 29.1 Å². The summed E-state index contributed by atoms with van der Waals surface area (Å²) in [6.07, 6.45) is 16.0. The Balaban J connectivity index is 1.60. The third-order valence-corrected chi connectivity index (χ3v) is 7.91. The summed E-state index contributed by atoms with van der Waals surface area (Å²) < 4.78 is 0. The van der Waals surface area contributed by atoms with E-state index in [1.165, 1.54) is 69.7 Å². The van der Waals surface area contributed by atoms with Crippen molar-refractivity contribution < 1.29 is 0 Å². The largest absolute Gasteiger partial charge is 0.390 e. The highest BCUT2D eigenvalue weighted by atomic mass is 32.2. The van der Waals surface area contributed by atoms with Crippen LogP contribution in [0.1, 0.15) is 104 Å². The van der Waals surface area contributed by atoms with Gasteiger partial charge in [-0.1, -0.05) is 96.4 Å². The van der Waals surface area contributed by atoms with Crippen LogP contribution in [-0.4, -0.2) is 27.8 Å². The number of thioether (sulfide) groups is 1. The lowest BCUT2D eigenvalue weighted by Crippen LogP contribution is -2.04. The number of aromatic nitrogens is 2. The summed E-state index contributed by atoms with van der Waals surface area (Å²) in [5, 5.41) is 0. The molecule has 3 N–H and O–H groups in total. The van der Waals surface area contributed by atoms with E-state index < -0.39 is 0 Å². The molecule has 4 nitrogen and oxygen atoms in total. The predicted octanol–water partition coefficient (Wildman–Crippen LogP) is 8.71. The van der Waals surface area contributed by atoms with Gasteiger partial charge in [-0.3, -0.25) is 4.99 Å². The Morgan fingerprint density at radius 2 is 1.66 bits per heavy atom. The van der Waals surface area contributed by atoms with Crippen LogP contribution in [0, 0.1) is 17.8 Å². The van der Waals surface area contributed by atoms with Gasteiger partial charge in [-0.15, -0.1) is 0 Å². The number of benzene rings is 1. The fourth-order valence-electron chi connectivity index (χ4n) is 4.62. The summed E-state index contributed by atoms with van der Waals surface area (Å²) in [7, 11) is 0. The SMILES string of the molecule is C/C(=C\CSCC(N=CN)c1nc2ccccc2[nH]1)CCCC(C)CCCC(C)CCCC(C)C. The Bertz CT molecular complexity index is 852. The second-order valence-electron chi connectivity index (χ2n) is 10.9. The van der Waals surface area contributed by atoms with Crippen molar-refractivity contribution in [3.05, 3.63) is 41.7 Å². The van der Waals surface area contributed by atoms with Gasteiger partial charge in [0.2, 0.25) is 0 Å². The molecule has 0 radical (unpaired) electrons. The first-order valence-electron chi connectivity index (χ1n) is 13.8. The number of nitrogens with two attached hydrogens (primary N) is 1. The molecule has 0 spiro atoms. The molecule has 0 bridgehead atoms. The molecule has 3 unspecified atom stereocenters. The van der Waals surface area contributed by atoms with Gasteiger partial charge in [0.05, 0.1) is 17.4 Å². The molecule has 2 aromatic rings. The molecule has 3 atom stereocenters. The molecule has 1 aromatic heterocycles. The van der Waals surface area contributed by atoms with E-state index in [2.05, 4.69) is 50.7 Å². The van der Waals surface area contributed by atoms with Crippen molar-refractivity contribution in [1.29, 1.82) is 0 Å². The first-order chi connectivity index (χ1) is 16.9. The maximum Gasteiger partial charge on any atom is 0.133 e. The molecule has 1 heterocycles. The average molecular weight is 499 g/mol. The second-order valence-corrected chi connectivity index (χ2v) is 12.0. The zero-order valence-electron chi connectivity index (χ0n) is 22.9. The third kappa shape index (κ3) is 12.2. The molecule has 0 aliphatic rings. The standard InChI is InChI=1S/C30H50N4S/c1-23(2)11-8-12-24(3)13-9-14-25(4)15-10-16-26(5)19-20-35-21-29(32-22-31)30-33-27-17-6-7-18-28(27)34-30/h6-7,17-19,22-25,29H,8-16,20-21H2,1-5H3,(H2,31,32)(H,33,34)/b26-19+. The number of imidazole rings is 1. The van der Waals surface area contributed by atoms with Gasteiger partial charge < -0.3 is 10.7 Å². The number of hydrogen-bond donors (Lipinski definition) is 2. The van der Waals surface area contributed by atoms with Gasteiger partial charge in [-0.25, -0.2) is 4.98 Å². The molecule has 0 saturated carbocycles. The van der Waals surface area contributed by atoms with Crippen LogP contribution in [-0.2, 0) is 0 Å². The molecule has 0 fully saturated rings. The maximum atomic E-state index is 5.61. The van der Waals surface area contributed by atoms with Gasteiger partial charge in [0, 0.05) is 11.5 Å². The number of nitrogens with one attached hydrogen (secondary N) is 1. The molecule has 5 heteroatoms. The molecular weight excluding hydrogens is 448 g/mol. The van der Waals surface area contributed by atoms with Crippen LogP contribution < -0.4 is 5.73 Å². The van der Waals surface area contributed by atoms with Gasteiger partial charge in [0.1, 0.15) is 11.9 Å². The quantitative estimate of drug-likeness (QED) is 0.0934. The topological polar surface area (TPSA) is 67.1 Å². The first-order valence-corrected chi connectivity index (χ1v) is 15.0. The summed E-state index contributed by atoms with van der Waals surface area (Å²) in [5.74, 6) is 5.35. The van der Waals surface area contributed by atoms with Gasteiger partial charge in [-0.05, 0) is 49.7 Å². The minimum Gasteiger partial charge on any atom is -0.390 e. The summed E-state index contributed by atoms with van der Waals surface area (Å²) in [6.45, 7) is 11.8. The lowest BCUT2D eigenvalue weighted by molar-refractivity contribution is 0.389. The Kier molecular flexibility index (Phi) is 14.2. The minimum atomic E-state index is -0.0371. The van der Waals surface area contributed by atoms with Gasteiger partial charge in [-0.2, -0.15) is 11.8 Å². The van der Waals surface area contributed by atoms with E-state index >= 15 is 0 Å². The zero-order chi connectivity index (χ0) is 25.5. The van der Waals surface area contributed by atoms with Gasteiger partial charge in [0.15, 0.2) is 0 Å². The number of aliphatic imine (C=N–C) groups is 1. The molecule has 0 amide bonds. The van der Waals surface area contributed by atoms with E-state index in [1.54, 1.807) is 0 Å². The lowest BCUT2D eigenvalue weighted by atomic mass is 9.91.